The number of esters is 1. The molecule has 5 rings (SSSR count). The van der Waals surface area contributed by atoms with Crippen molar-refractivity contribution in [3.05, 3.63) is 107 Å². The van der Waals surface area contributed by atoms with E-state index in [1.807, 2.05) is 80.6 Å². The number of ketones is 1. The van der Waals surface area contributed by atoms with Gasteiger partial charge in [0, 0.05) is 29.3 Å². The van der Waals surface area contributed by atoms with Gasteiger partial charge in [0.2, 0.25) is 0 Å². The summed E-state index contributed by atoms with van der Waals surface area (Å²) in [5.74, 6) is -0.358. The summed E-state index contributed by atoms with van der Waals surface area (Å²) in [6.07, 6.45) is 1.73. The van der Waals surface area contributed by atoms with E-state index in [0.717, 1.165) is 22.4 Å². The quantitative estimate of drug-likeness (QED) is 0.281. The van der Waals surface area contributed by atoms with Crippen molar-refractivity contribution in [3.63, 3.8) is 0 Å². The lowest BCUT2D eigenvalue weighted by Crippen LogP contribution is -2.38. The van der Waals surface area contributed by atoms with Crippen molar-refractivity contribution in [2.75, 3.05) is 13.7 Å². The van der Waals surface area contributed by atoms with Crippen molar-refractivity contribution in [3.8, 4) is 11.5 Å². The molecule has 3 aromatic rings. The van der Waals surface area contributed by atoms with E-state index in [-0.39, 0.29) is 17.7 Å². The van der Waals surface area contributed by atoms with Crippen LogP contribution in [0, 0.1) is 5.92 Å². The standard InChI is InChI=1S/C34H35NO5/c1-4-17-39-34(37)31-22(2)35-27-18-26(24-13-9-6-10-14-24)19-28(36)33(27)32(31)25-15-16-29(30(20-25)38-3)40-21-23-11-7-5-8-12-23/h5-16,20,26,31-32H,4,17-19,21H2,1-3H3/t26-,31?,32+/m1/s1. The van der Waals surface area contributed by atoms with Gasteiger partial charge in [-0.15, -0.1) is 0 Å². The summed E-state index contributed by atoms with van der Waals surface area (Å²) in [4.78, 5) is 32.1. The van der Waals surface area contributed by atoms with Crippen LogP contribution in [0.2, 0.25) is 0 Å². The molecule has 0 amide bonds. The van der Waals surface area contributed by atoms with Crippen LogP contribution in [0.5, 0.6) is 11.5 Å². The molecule has 6 nitrogen and oxygen atoms in total. The van der Waals surface area contributed by atoms with Crippen LogP contribution in [0.15, 0.2) is 95.1 Å². The predicted octanol–water partition coefficient (Wildman–Crippen LogP) is 6.80. The number of carbonyl (C=O) groups excluding carboxylic acids is 2. The minimum Gasteiger partial charge on any atom is -0.493 e. The number of methoxy groups -OCH3 is 1. The molecular formula is C34H35NO5. The molecule has 1 aliphatic carbocycles. The summed E-state index contributed by atoms with van der Waals surface area (Å²) in [6, 6.07) is 25.7. The lowest BCUT2D eigenvalue weighted by Gasteiger charge is -2.36. The van der Waals surface area contributed by atoms with Crippen molar-refractivity contribution in [1.29, 1.82) is 0 Å². The number of aliphatic imine (C=N–C) groups is 1. The van der Waals surface area contributed by atoms with E-state index in [9.17, 15) is 9.59 Å². The maximum atomic E-state index is 13.8. The molecule has 0 saturated heterocycles. The summed E-state index contributed by atoms with van der Waals surface area (Å²) in [5, 5.41) is 0. The molecular weight excluding hydrogens is 502 g/mol. The highest BCUT2D eigenvalue weighted by Gasteiger charge is 2.45. The first-order valence-corrected chi connectivity index (χ1v) is 13.9. The normalized spacial score (nSPS) is 20.4. The predicted molar refractivity (Wildman–Crippen MR) is 155 cm³/mol. The van der Waals surface area contributed by atoms with Gasteiger partial charge in [-0.2, -0.15) is 0 Å². The molecule has 3 aromatic carbocycles. The van der Waals surface area contributed by atoms with Gasteiger partial charge in [-0.3, -0.25) is 14.6 Å². The number of hydrogen-bond acceptors (Lipinski definition) is 6. The Hall–Kier alpha value is -4.19. The Labute approximate surface area is 235 Å². The fourth-order valence-electron chi connectivity index (χ4n) is 5.71. The fraction of sp³-hybridized carbons (Fsp3) is 0.324. The van der Waals surface area contributed by atoms with E-state index in [2.05, 4.69) is 12.1 Å². The Bertz CT molecular complexity index is 1430. The molecule has 0 N–H and O–H groups in total. The van der Waals surface area contributed by atoms with Gasteiger partial charge < -0.3 is 14.2 Å². The zero-order valence-corrected chi connectivity index (χ0v) is 23.3. The number of rotatable bonds is 9. The molecule has 0 fully saturated rings. The van der Waals surface area contributed by atoms with Gasteiger partial charge in [-0.05, 0) is 54.5 Å². The van der Waals surface area contributed by atoms with Gasteiger partial charge in [0.25, 0.3) is 0 Å². The monoisotopic (exact) mass is 537 g/mol. The summed E-state index contributed by atoms with van der Waals surface area (Å²) < 4.78 is 17.4. The molecule has 0 saturated carbocycles. The number of ether oxygens (including phenoxy) is 3. The second kappa shape index (κ2) is 12.3. The summed E-state index contributed by atoms with van der Waals surface area (Å²) >= 11 is 0. The summed E-state index contributed by atoms with van der Waals surface area (Å²) in [6.45, 7) is 4.54. The molecule has 0 spiro atoms. The van der Waals surface area contributed by atoms with E-state index >= 15 is 0 Å². The fourth-order valence-corrected chi connectivity index (χ4v) is 5.71. The Morgan fingerprint density at radius 1 is 0.925 bits per heavy atom. The lowest BCUT2D eigenvalue weighted by molar-refractivity contribution is -0.146. The molecule has 6 heteroatoms. The highest BCUT2D eigenvalue weighted by atomic mass is 16.5. The van der Waals surface area contributed by atoms with Crippen LogP contribution in [0.25, 0.3) is 0 Å². The van der Waals surface area contributed by atoms with Crippen LogP contribution in [0.4, 0.5) is 0 Å². The third kappa shape index (κ3) is 5.71. The van der Waals surface area contributed by atoms with Gasteiger partial charge in [-0.25, -0.2) is 0 Å². The maximum absolute atomic E-state index is 13.8. The molecule has 1 heterocycles. The van der Waals surface area contributed by atoms with E-state index in [1.54, 1.807) is 7.11 Å². The maximum Gasteiger partial charge on any atom is 0.315 e. The van der Waals surface area contributed by atoms with Crippen LogP contribution in [0.1, 0.15) is 61.6 Å². The van der Waals surface area contributed by atoms with E-state index in [4.69, 9.17) is 19.2 Å². The average molecular weight is 538 g/mol. The van der Waals surface area contributed by atoms with Crippen LogP contribution in [0.3, 0.4) is 0 Å². The minimum atomic E-state index is -0.691. The highest BCUT2D eigenvalue weighted by Crippen LogP contribution is 2.48. The number of benzene rings is 3. The number of nitrogens with zero attached hydrogens (tertiary/aromatic N) is 1. The van der Waals surface area contributed by atoms with Crippen LogP contribution in [-0.4, -0.2) is 31.2 Å². The molecule has 0 radical (unpaired) electrons. The highest BCUT2D eigenvalue weighted by molar-refractivity contribution is 6.09. The second-order valence-corrected chi connectivity index (χ2v) is 10.4. The van der Waals surface area contributed by atoms with Gasteiger partial charge in [0.15, 0.2) is 17.3 Å². The topological polar surface area (TPSA) is 74.2 Å². The molecule has 1 unspecified atom stereocenters. The Morgan fingerprint density at radius 2 is 1.65 bits per heavy atom. The van der Waals surface area contributed by atoms with Crippen molar-refractivity contribution in [2.24, 2.45) is 10.9 Å². The van der Waals surface area contributed by atoms with Crippen LogP contribution in [-0.2, 0) is 20.9 Å². The van der Waals surface area contributed by atoms with Crippen molar-refractivity contribution in [2.45, 2.75) is 51.6 Å². The first-order valence-electron chi connectivity index (χ1n) is 13.9. The zero-order chi connectivity index (χ0) is 28.1. The number of Topliss-reactive ketones (excluding diaryl/α,β-unsaturated/α-hetero) is 1. The van der Waals surface area contributed by atoms with Gasteiger partial charge >= 0.3 is 5.97 Å². The van der Waals surface area contributed by atoms with Crippen molar-refractivity contribution < 1.29 is 23.8 Å². The van der Waals surface area contributed by atoms with Crippen LogP contribution < -0.4 is 9.47 Å². The molecule has 206 valence electrons. The molecule has 3 atom stereocenters. The molecule has 1 aliphatic heterocycles. The molecule has 2 aliphatic rings. The van der Waals surface area contributed by atoms with Crippen molar-refractivity contribution >= 4 is 17.5 Å². The Balaban J connectivity index is 1.52. The zero-order valence-electron chi connectivity index (χ0n) is 23.3. The number of hydrogen-bond donors (Lipinski definition) is 0. The molecule has 40 heavy (non-hydrogen) atoms. The molecule has 0 bridgehead atoms. The van der Waals surface area contributed by atoms with E-state index in [0.29, 0.717) is 55.3 Å². The smallest absolute Gasteiger partial charge is 0.315 e. The third-order valence-electron chi connectivity index (χ3n) is 7.65. The second-order valence-electron chi connectivity index (χ2n) is 10.4. The number of allylic oxidation sites excluding steroid dienone is 2. The SMILES string of the molecule is CCCOC(=O)C1C(C)=NC2=C(C(=O)C[C@H](c3ccccc3)C2)[C@H]1c1ccc(OCc2ccccc2)c(OC)c1. The lowest BCUT2D eigenvalue weighted by atomic mass is 9.69. The van der Waals surface area contributed by atoms with E-state index < -0.39 is 11.8 Å². The van der Waals surface area contributed by atoms with Crippen molar-refractivity contribution in [1.82, 2.24) is 0 Å². The molecule has 0 aromatic heterocycles. The Kier molecular flexibility index (Phi) is 8.44. The largest absolute Gasteiger partial charge is 0.493 e. The van der Waals surface area contributed by atoms with Gasteiger partial charge in [0.05, 0.1) is 13.7 Å². The van der Waals surface area contributed by atoms with E-state index in [1.165, 1.54) is 0 Å². The average Bonchev–Trinajstić information content (AvgIpc) is 2.98. The first kappa shape index (κ1) is 27.4. The number of carbonyl (C=O) groups is 2. The van der Waals surface area contributed by atoms with Gasteiger partial charge in [0.1, 0.15) is 12.5 Å². The Morgan fingerprint density at radius 3 is 2.35 bits per heavy atom. The minimum absolute atomic E-state index is 0.0213. The first-order chi connectivity index (χ1) is 19.5. The third-order valence-corrected chi connectivity index (χ3v) is 7.65. The summed E-state index contributed by atoms with van der Waals surface area (Å²) in [7, 11) is 1.59. The summed E-state index contributed by atoms with van der Waals surface area (Å²) in [5.41, 5.74) is 5.00. The van der Waals surface area contributed by atoms with Crippen LogP contribution >= 0.6 is 0 Å². The van der Waals surface area contributed by atoms with Gasteiger partial charge in [-0.1, -0.05) is 73.7 Å².